The van der Waals surface area contributed by atoms with Gasteiger partial charge in [-0.2, -0.15) is 13.2 Å². The number of benzene rings is 2. The van der Waals surface area contributed by atoms with Crippen LogP contribution in [0.1, 0.15) is 21.5 Å². The van der Waals surface area contributed by atoms with Crippen LogP contribution in [-0.4, -0.2) is 47.0 Å². The molecule has 0 bridgehead atoms. The number of hydrogen-bond donors (Lipinski definition) is 2. The molecule has 2 N–H and O–H groups in total. The maximum Gasteiger partial charge on any atom is 0.417 e. The minimum absolute atomic E-state index is 0.0385. The molecule has 5 rings (SSSR count). The van der Waals surface area contributed by atoms with Crippen LogP contribution in [0.25, 0.3) is 22.6 Å². The third-order valence-corrected chi connectivity index (χ3v) is 5.58. The second-order valence-electron chi connectivity index (χ2n) is 7.68. The molecule has 0 unspecified atom stereocenters. The van der Waals surface area contributed by atoms with Crippen molar-refractivity contribution in [2.45, 2.75) is 6.18 Å². The summed E-state index contributed by atoms with van der Waals surface area (Å²) in [5, 5.41) is 0. The van der Waals surface area contributed by atoms with Crippen LogP contribution in [0.2, 0.25) is 0 Å². The van der Waals surface area contributed by atoms with Crippen molar-refractivity contribution in [3.63, 3.8) is 0 Å². The number of ether oxygens (including phenoxy) is 1. The van der Waals surface area contributed by atoms with Crippen molar-refractivity contribution >= 4 is 22.5 Å². The normalized spacial score (nSPS) is 14.7. The van der Waals surface area contributed by atoms with E-state index in [4.69, 9.17) is 4.74 Å². The Kier molecular flexibility index (Phi) is 5.16. The van der Waals surface area contributed by atoms with E-state index < -0.39 is 28.9 Å². The highest BCUT2D eigenvalue weighted by Gasteiger charge is 2.35. The van der Waals surface area contributed by atoms with E-state index in [9.17, 15) is 22.4 Å². The van der Waals surface area contributed by atoms with Crippen LogP contribution in [0.3, 0.4) is 0 Å². The van der Waals surface area contributed by atoms with Crippen molar-refractivity contribution in [1.82, 2.24) is 15.0 Å². The average Bonchev–Trinajstić information content (AvgIpc) is 3.46. The number of carbonyl (C=O) groups excluding carboxylic acids is 1. The van der Waals surface area contributed by atoms with Gasteiger partial charge >= 0.3 is 6.18 Å². The molecule has 4 aromatic rings. The number of aromatic nitrogens is 3. The summed E-state index contributed by atoms with van der Waals surface area (Å²) in [5.41, 5.74) is 0.247. The number of ketones is 1. The molecule has 1 aliphatic heterocycles. The lowest BCUT2D eigenvalue weighted by Crippen LogP contribution is -2.36. The van der Waals surface area contributed by atoms with E-state index >= 15 is 0 Å². The van der Waals surface area contributed by atoms with Crippen LogP contribution in [0.15, 0.2) is 48.7 Å². The molecule has 1 aliphatic rings. The van der Waals surface area contributed by atoms with Crippen LogP contribution < -0.4 is 4.90 Å². The summed E-state index contributed by atoms with van der Waals surface area (Å²) in [6.45, 7) is 2.41. The maximum absolute atomic E-state index is 14.7. The number of hydrogen-bond acceptors (Lipinski definition) is 4. The first-order valence-electron chi connectivity index (χ1n) is 10.2. The summed E-state index contributed by atoms with van der Waals surface area (Å²) in [6, 6.07) is 9.22. The minimum Gasteiger partial charge on any atom is -0.378 e. The SMILES string of the molecule is O=C(c1c[nH]c(-c2nc3c(F)cc(N4CCOCC4)cc3[nH]2)c1)c1ccccc1C(F)(F)F. The quantitative estimate of drug-likeness (QED) is 0.341. The maximum atomic E-state index is 14.7. The Morgan fingerprint density at radius 1 is 1.09 bits per heavy atom. The molecule has 3 heterocycles. The largest absolute Gasteiger partial charge is 0.417 e. The van der Waals surface area contributed by atoms with Gasteiger partial charge in [-0.1, -0.05) is 18.2 Å². The lowest BCUT2D eigenvalue weighted by atomic mass is 9.99. The first-order valence-corrected chi connectivity index (χ1v) is 10.2. The van der Waals surface area contributed by atoms with E-state index in [0.717, 1.165) is 12.1 Å². The molecular weight excluding hydrogens is 440 g/mol. The van der Waals surface area contributed by atoms with Gasteiger partial charge in [0, 0.05) is 36.1 Å². The van der Waals surface area contributed by atoms with Gasteiger partial charge in [0.1, 0.15) is 5.52 Å². The molecule has 1 fully saturated rings. The van der Waals surface area contributed by atoms with Crippen LogP contribution >= 0.6 is 0 Å². The van der Waals surface area contributed by atoms with Crippen molar-refractivity contribution in [2.75, 3.05) is 31.2 Å². The molecule has 2 aromatic carbocycles. The Bertz CT molecular complexity index is 1340. The standard InChI is InChI=1S/C23H18F4N4O2/c24-17-10-14(31-5-7-33-8-6-31)11-18-20(17)30-22(29-18)19-9-13(12-28-19)21(32)15-3-1-2-4-16(15)23(25,26)27/h1-4,9-12,28H,5-8H2,(H,29,30). The summed E-state index contributed by atoms with van der Waals surface area (Å²) in [6.07, 6.45) is -3.34. The van der Waals surface area contributed by atoms with Gasteiger partial charge in [0.25, 0.3) is 0 Å². The van der Waals surface area contributed by atoms with Crippen LogP contribution in [0, 0.1) is 5.82 Å². The van der Waals surface area contributed by atoms with E-state index in [-0.39, 0.29) is 16.9 Å². The van der Waals surface area contributed by atoms with Gasteiger partial charge in [-0.25, -0.2) is 9.37 Å². The topological polar surface area (TPSA) is 74.0 Å². The number of nitrogens with one attached hydrogen (secondary N) is 2. The van der Waals surface area contributed by atoms with Gasteiger partial charge in [0.05, 0.1) is 30.0 Å². The lowest BCUT2D eigenvalue weighted by Gasteiger charge is -2.28. The molecule has 0 saturated carbocycles. The van der Waals surface area contributed by atoms with Gasteiger partial charge in [-0.3, -0.25) is 4.79 Å². The fourth-order valence-electron chi connectivity index (χ4n) is 3.94. The Morgan fingerprint density at radius 2 is 1.85 bits per heavy atom. The second-order valence-corrected chi connectivity index (χ2v) is 7.68. The number of aromatic amines is 2. The van der Waals surface area contributed by atoms with E-state index in [2.05, 4.69) is 15.0 Å². The molecular formula is C23H18F4N4O2. The third kappa shape index (κ3) is 3.97. The Hall–Kier alpha value is -3.66. The number of carbonyl (C=O) groups is 1. The monoisotopic (exact) mass is 458 g/mol. The van der Waals surface area contributed by atoms with Gasteiger partial charge in [-0.05, 0) is 24.3 Å². The van der Waals surface area contributed by atoms with E-state index in [1.165, 1.54) is 30.5 Å². The third-order valence-electron chi connectivity index (χ3n) is 5.58. The summed E-state index contributed by atoms with van der Waals surface area (Å²) < 4.78 is 60.0. The number of nitrogens with zero attached hydrogens (tertiary/aromatic N) is 2. The van der Waals surface area contributed by atoms with Crippen molar-refractivity contribution in [1.29, 1.82) is 0 Å². The number of anilines is 1. The summed E-state index contributed by atoms with van der Waals surface area (Å²) in [5.74, 6) is -1.01. The number of morpholine rings is 1. The molecule has 1 saturated heterocycles. The van der Waals surface area contributed by atoms with Crippen molar-refractivity contribution < 1.29 is 27.1 Å². The molecule has 0 atom stereocenters. The summed E-state index contributed by atoms with van der Waals surface area (Å²) >= 11 is 0. The zero-order chi connectivity index (χ0) is 23.2. The Morgan fingerprint density at radius 3 is 2.61 bits per heavy atom. The molecule has 10 heteroatoms. The number of alkyl halides is 3. The van der Waals surface area contributed by atoms with Crippen molar-refractivity contribution in [3.8, 4) is 11.5 Å². The highest BCUT2D eigenvalue weighted by Crippen LogP contribution is 2.33. The first-order chi connectivity index (χ1) is 15.8. The fraction of sp³-hybridized carbons (Fsp3) is 0.217. The van der Waals surface area contributed by atoms with Crippen molar-refractivity contribution in [2.24, 2.45) is 0 Å². The summed E-state index contributed by atoms with van der Waals surface area (Å²) in [7, 11) is 0. The molecule has 0 amide bonds. The Balaban J connectivity index is 1.47. The zero-order valence-electron chi connectivity index (χ0n) is 17.2. The lowest BCUT2D eigenvalue weighted by molar-refractivity contribution is -0.137. The average molecular weight is 458 g/mol. The molecule has 0 radical (unpaired) electrons. The van der Waals surface area contributed by atoms with Crippen LogP contribution in [0.5, 0.6) is 0 Å². The highest BCUT2D eigenvalue weighted by atomic mass is 19.4. The number of imidazole rings is 1. The van der Waals surface area contributed by atoms with Gasteiger partial charge < -0.3 is 19.6 Å². The van der Waals surface area contributed by atoms with Gasteiger partial charge in [-0.15, -0.1) is 0 Å². The molecule has 0 spiro atoms. The first kappa shape index (κ1) is 21.2. The molecule has 6 nitrogen and oxygen atoms in total. The van der Waals surface area contributed by atoms with E-state index in [1.807, 2.05) is 4.90 Å². The van der Waals surface area contributed by atoms with Crippen LogP contribution in [0.4, 0.5) is 23.2 Å². The van der Waals surface area contributed by atoms with Gasteiger partial charge in [0.15, 0.2) is 17.4 Å². The second kappa shape index (κ2) is 8.04. The molecule has 170 valence electrons. The van der Waals surface area contributed by atoms with Crippen LogP contribution in [-0.2, 0) is 10.9 Å². The predicted octanol–water partition coefficient (Wildman–Crippen LogP) is 4.78. The van der Waals surface area contributed by atoms with E-state index in [0.29, 0.717) is 43.2 Å². The highest BCUT2D eigenvalue weighted by molar-refractivity contribution is 6.10. The zero-order valence-corrected chi connectivity index (χ0v) is 17.2. The predicted molar refractivity (Wildman–Crippen MR) is 114 cm³/mol. The smallest absolute Gasteiger partial charge is 0.378 e. The molecule has 0 aliphatic carbocycles. The molecule has 2 aromatic heterocycles. The fourth-order valence-corrected chi connectivity index (χ4v) is 3.94. The number of rotatable bonds is 4. The Labute approximate surface area is 185 Å². The van der Waals surface area contributed by atoms with Gasteiger partial charge in [0.2, 0.25) is 0 Å². The molecule has 33 heavy (non-hydrogen) atoms. The van der Waals surface area contributed by atoms with E-state index in [1.54, 1.807) is 6.07 Å². The number of H-pyrrole nitrogens is 2. The van der Waals surface area contributed by atoms with Crippen molar-refractivity contribution in [3.05, 3.63) is 71.2 Å². The number of halogens is 4. The summed E-state index contributed by atoms with van der Waals surface area (Å²) in [4.78, 5) is 24.9. The number of fused-ring (bicyclic) bond motifs is 1. The minimum atomic E-state index is -4.65.